The van der Waals surface area contributed by atoms with E-state index in [-0.39, 0.29) is 17.4 Å². The molecule has 170 valence electrons. The number of hydrogen-bond acceptors (Lipinski definition) is 6. The number of methoxy groups -OCH3 is 2. The van der Waals surface area contributed by atoms with Crippen molar-refractivity contribution >= 4 is 17.4 Å². The normalized spacial score (nSPS) is 17.8. The number of ether oxygens (including phenoxy) is 3. The van der Waals surface area contributed by atoms with Crippen molar-refractivity contribution in [2.24, 2.45) is 0 Å². The van der Waals surface area contributed by atoms with Gasteiger partial charge in [0.1, 0.15) is 17.3 Å². The molecule has 1 fully saturated rings. The number of hydrogen-bond donors (Lipinski definition) is 1. The second-order valence-corrected chi connectivity index (χ2v) is 7.78. The van der Waals surface area contributed by atoms with Crippen molar-refractivity contribution < 1.29 is 28.9 Å². The monoisotopic (exact) mass is 439 g/mol. The van der Waals surface area contributed by atoms with Gasteiger partial charge in [0.05, 0.1) is 24.8 Å². The largest absolute Gasteiger partial charge is 0.507 e. The standard InChI is InChI=1S/C25H29NO6/c1-16(2)32-20-12-6-5-11-19(20)22-21(23(27)17-9-7-10-18(15-17)31-4)24(28)25(29)26(22)13-8-14-30-3/h5-7,9-12,15-16,22,27H,8,13-14H2,1-4H3/b23-21-. The smallest absolute Gasteiger partial charge is 0.295 e. The van der Waals surface area contributed by atoms with E-state index in [1.807, 2.05) is 32.0 Å². The van der Waals surface area contributed by atoms with Gasteiger partial charge in [-0.25, -0.2) is 0 Å². The summed E-state index contributed by atoms with van der Waals surface area (Å²) < 4.78 is 16.3. The van der Waals surface area contributed by atoms with Crippen LogP contribution >= 0.6 is 0 Å². The molecule has 32 heavy (non-hydrogen) atoms. The number of rotatable bonds is 9. The lowest BCUT2D eigenvalue weighted by Crippen LogP contribution is -2.31. The molecule has 0 saturated carbocycles. The molecule has 1 atom stereocenters. The van der Waals surface area contributed by atoms with Crippen LogP contribution in [0.4, 0.5) is 0 Å². The van der Waals surface area contributed by atoms with Crippen molar-refractivity contribution in [1.29, 1.82) is 0 Å². The maximum Gasteiger partial charge on any atom is 0.295 e. The van der Waals surface area contributed by atoms with Gasteiger partial charge in [0.2, 0.25) is 0 Å². The molecule has 0 aromatic heterocycles. The molecular weight excluding hydrogens is 410 g/mol. The summed E-state index contributed by atoms with van der Waals surface area (Å²) in [6.45, 7) is 4.55. The van der Waals surface area contributed by atoms with E-state index in [0.29, 0.717) is 42.2 Å². The second kappa shape index (κ2) is 10.3. The Morgan fingerprint density at radius 1 is 1.09 bits per heavy atom. The van der Waals surface area contributed by atoms with Gasteiger partial charge in [0.25, 0.3) is 11.7 Å². The van der Waals surface area contributed by atoms with E-state index >= 15 is 0 Å². The first-order valence-corrected chi connectivity index (χ1v) is 10.6. The summed E-state index contributed by atoms with van der Waals surface area (Å²) in [5.41, 5.74) is 1.06. The highest BCUT2D eigenvalue weighted by molar-refractivity contribution is 6.46. The van der Waals surface area contributed by atoms with Gasteiger partial charge in [-0.1, -0.05) is 30.3 Å². The Balaban J connectivity index is 2.18. The quantitative estimate of drug-likeness (QED) is 0.276. The summed E-state index contributed by atoms with van der Waals surface area (Å²) >= 11 is 0. The van der Waals surface area contributed by atoms with Crippen LogP contribution in [0.2, 0.25) is 0 Å². The average molecular weight is 440 g/mol. The van der Waals surface area contributed by atoms with Crippen molar-refractivity contribution in [2.45, 2.75) is 32.4 Å². The molecule has 0 radical (unpaired) electrons. The molecule has 1 aliphatic rings. The Hall–Kier alpha value is -3.32. The fraction of sp³-hybridized carbons (Fsp3) is 0.360. The van der Waals surface area contributed by atoms with E-state index in [0.717, 1.165) is 0 Å². The molecule has 0 aliphatic carbocycles. The van der Waals surface area contributed by atoms with Crippen molar-refractivity contribution in [2.75, 3.05) is 27.4 Å². The zero-order chi connectivity index (χ0) is 23.3. The van der Waals surface area contributed by atoms with Crippen LogP contribution in [-0.2, 0) is 14.3 Å². The van der Waals surface area contributed by atoms with Gasteiger partial charge >= 0.3 is 0 Å². The molecule has 1 N–H and O–H groups in total. The molecule has 1 aliphatic heterocycles. The minimum absolute atomic E-state index is 0.0282. The number of likely N-dealkylation sites (tertiary alicyclic amines) is 1. The Kier molecular flexibility index (Phi) is 7.53. The maximum absolute atomic E-state index is 13.1. The van der Waals surface area contributed by atoms with E-state index in [4.69, 9.17) is 14.2 Å². The van der Waals surface area contributed by atoms with Gasteiger partial charge in [0, 0.05) is 31.4 Å². The topological polar surface area (TPSA) is 85.3 Å². The minimum Gasteiger partial charge on any atom is -0.507 e. The summed E-state index contributed by atoms with van der Waals surface area (Å²) in [7, 11) is 3.10. The molecule has 1 heterocycles. The number of carbonyl (C=O) groups excluding carboxylic acids is 2. The molecule has 0 spiro atoms. The number of para-hydroxylation sites is 1. The van der Waals surface area contributed by atoms with Gasteiger partial charge in [-0.2, -0.15) is 0 Å². The summed E-state index contributed by atoms with van der Waals surface area (Å²) in [6.07, 6.45) is 0.442. The highest BCUT2D eigenvalue weighted by Crippen LogP contribution is 2.43. The number of aliphatic hydroxyl groups is 1. The number of ketones is 1. The molecule has 2 aromatic carbocycles. The molecule has 1 amide bonds. The zero-order valence-corrected chi connectivity index (χ0v) is 18.8. The molecule has 3 rings (SSSR count). The lowest BCUT2D eigenvalue weighted by molar-refractivity contribution is -0.140. The van der Waals surface area contributed by atoms with Crippen LogP contribution < -0.4 is 9.47 Å². The number of benzene rings is 2. The van der Waals surface area contributed by atoms with E-state index in [1.54, 1.807) is 37.4 Å². The Morgan fingerprint density at radius 2 is 1.84 bits per heavy atom. The lowest BCUT2D eigenvalue weighted by Gasteiger charge is -2.27. The van der Waals surface area contributed by atoms with Gasteiger partial charge < -0.3 is 24.2 Å². The fourth-order valence-electron chi connectivity index (χ4n) is 3.81. The van der Waals surface area contributed by atoms with Gasteiger partial charge in [-0.15, -0.1) is 0 Å². The summed E-state index contributed by atoms with van der Waals surface area (Å²) in [5, 5.41) is 11.2. The number of carbonyl (C=O) groups is 2. The van der Waals surface area contributed by atoms with Crippen molar-refractivity contribution in [1.82, 2.24) is 4.90 Å². The maximum atomic E-state index is 13.1. The number of nitrogens with zero attached hydrogens (tertiary/aromatic N) is 1. The summed E-state index contributed by atoms with van der Waals surface area (Å²) in [6, 6.07) is 13.2. The van der Waals surface area contributed by atoms with Gasteiger partial charge in [-0.05, 0) is 38.5 Å². The molecule has 1 unspecified atom stereocenters. The summed E-state index contributed by atoms with van der Waals surface area (Å²) in [4.78, 5) is 27.6. The Morgan fingerprint density at radius 3 is 2.53 bits per heavy atom. The molecule has 1 saturated heterocycles. The van der Waals surface area contributed by atoms with Gasteiger partial charge in [0.15, 0.2) is 0 Å². The predicted molar refractivity (Wildman–Crippen MR) is 121 cm³/mol. The van der Waals surface area contributed by atoms with Crippen LogP contribution in [0, 0.1) is 0 Å². The number of aliphatic hydroxyl groups excluding tert-OH is 1. The van der Waals surface area contributed by atoms with Gasteiger partial charge in [-0.3, -0.25) is 9.59 Å². The minimum atomic E-state index is -0.784. The predicted octanol–water partition coefficient (Wildman–Crippen LogP) is 3.94. The lowest BCUT2D eigenvalue weighted by atomic mass is 9.94. The first-order valence-electron chi connectivity index (χ1n) is 10.6. The van der Waals surface area contributed by atoms with Crippen LogP contribution in [0.5, 0.6) is 11.5 Å². The second-order valence-electron chi connectivity index (χ2n) is 7.78. The molecule has 7 nitrogen and oxygen atoms in total. The Labute approximate surface area is 188 Å². The third kappa shape index (κ3) is 4.78. The molecular formula is C25H29NO6. The Bertz CT molecular complexity index is 1010. The third-order valence-electron chi connectivity index (χ3n) is 5.21. The fourth-order valence-corrected chi connectivity index (χ4v) is 3.81. The molecule has 7 heteroatoms. The first-order chi connectivity index (χ1) is 15.4. The zero-order valence-electron chi connectivity index (χ0n) is 18.8. The van der Waals surface area contributed by atoms with Crippen LogP contribution in [0.1, 0.15) is 37.4 Å². The van der Waals surface area contributed by atoms with Crippen LogP contribution in [0.15, 0.2) is 54.1 Å². The molecule has 2 aromatic rings. The summed E-state index contributed by atoms with van der Waals surface area (Å²) in [5.74, 6) is -0.547. The van der Waals surface area contributed by atoms with Crippen molar-refractivity contribution in [3.8, 4) is 11.5 Å². The van der Waals surface area contributed by atoms with Crippen LogP contribution in [0.25, 0.3) is 5.76 Å². The van der Waals surface area contributed by atoms with E-state index in [1.165, 1.54) is 12.0 Å². The van der Waals surface area contributed by atoms with E-state index in [2.05, 4.69) is 0 Å². The SMILES string of the molecule is COCCCN1C(=O)C(=O)/C(=C(\O)c2cccc(OC)c2)C1c1ccccc1OC(C)C. The van der Waals surface area contributed by atoms with Crippen LogP contribution in [-0.4, -0.2) is 55.2 Å². The van der Waals surface area contributed by atoms with Crippen molar-refractivity contribution in [3.63, 3.8) is 0 Å². The first kappa shape index (κ1) is 23.3. The highest BCUT2D eigenvalue weighted by atomic mass is 16.5. The number of Topliss-reactive ketones (excluding diaryl/α,β-unsaturated/α-hetero) is 1. The highest BCUT2D eigenvalue weighted by Gasteiger charge is 2.46. The van der Waals surface area contributed by atoms with E-state index in [9.17, 15) is 14.7 Å². The molecule has 0 bridgehead atoms. The average Bonchev–Trinajstić information content (AvgIpc) is 3.03. The van der Waals surface area contributed by atoms with Crippen molar-refractivity contribution in [3.05, 3.63) is 65.2 Å². The van der Waals surface area contributed by atoms with Crippen LogP contribution in [0.3, 0.4) is 0 Å². The third-order valence-corrected chi connectivity index (χ3v) is 5.21. The van der Waals surface area contributed by atoms with E-state index < -0.39 is 17.7 Å². The number of amides is 1.